The van der Waals surface area contributed by atoms with Crippen molar-refractivity contribution in [3.63, 3.8) is 0 Å². The van der Waals surface area contributed by atoms with Gasteiger partial charge in [0.25, 0.3) is 0 Å². The zero-order valence-electron chi connectivity index (χ0n) is 16.1. The number of para-hydroxylation sites is 1. The molecular formula is C19H30N6O. The highest BCUT2D eigenvalue weighted by molar-refractivity contribution is 5.79. The lowest BCUT2D eigenvalue weighted by Crippen LogP contribution is -2.40. The van der Waals surface area contributed by atoms with Gasteiger partial charge in [0, 0.05) is 25.4 Å². The summed E-state index contributed by atoms with van der Waals surface area (Å²) >= 11 is 0. The van der Waals surface area contributed by atoms with Gasteiger partial charge < -0.3 is 20.3 Å². The van der Waals surface area contributed by atoms with Crippen molar-refractivity contribution in [1.82, 2.24) is 25.3 Å². The summed E-state index contributed by atoms with van der Waals surface area (Å²) in [5.41, 5.74) is 1.16. The van der Waals surface area contributed by atoms with Crippen LogP contribution in [0, 0.1) is 0 Å². The van der Waals surface area contributed by atoms with Gasteiger partial charge in [0.15, 0.2) is 5.96 Å². The molecule has 7 heteroatoms. The number of benzene rings is 1. The highest BCUT2D eigenvalue weighted by Crippen LogP contribution is 2.17. The lowest BCUT2D eigenvalue weighted by molar-refractivity contribution is 0.305. The SMILES string of the molecule is CCNC(=NCC(c1cnn(C)c1)N(C)C)NCCOc1ccccc1. The molecule has 0 spiro atoms. The smallest absolute Gasteiger partial charge is 0.191 e. The molecule has 2 N–H and O–H groups in total. The zero-order chi connectivity index (χ0) is 18.8. The first kappa shape index (κ1) is 19.8. The fourth-order valence-corrected chi connectivity index (χ4v) is 2.55. The van der Waals surface area contributed by atoms with Crippen molar-refractivity contribution in [2.75, 3.05) is 40.3 Å². The number of ether oxygens (including phenoxy) is 1. The predicted molar refractivity (Wildman–Crippen MR) is 106 cm³/mol. The number of rotatable bonds is 9. The molecule has 1 aromatic carbocycles. The quantitative estimate of drug-likeness (QED) is 0.405. The molecular weight excluding hydrogens is 328 g/mol. The molecule has 0 fully saturated rings. The summed E-state index contributed by atoms with van der Waals surface area (Å²) in [6.07, 6.45) is 3.93. The van der Waals surface area contributed by atoms with E-state index in [1.807, 2.05) is 54.5 Å². The van der Waals surface area contributed by atoms with E-state index in [1.54, 1.807) is 0 Å². The van der Waals surface area contributed by atoms with E-state index in [9.17, 15) is 0 Å². The number of aliphatic imine (C=N–C) groups is 1. The number of nitrogens with zero attached hydrogens (tertiary/aromatic N) is 4. The van der Waals surface area contributed by atoms with Crippen molar-refractivity contribution in [3.8, 4) is 5.75 Å². The van der Waals surface area contributed by atoms with Crippen molar-refractivity contribution in [2.45, 2.75) is 13.0 Å². The molecule has 7 nitrogen and oxygen atoms in total. The van der Waals surface area contributed by atoms with Crippen LogP contribution in [0.1, 0.15) is 18.5 Å². The summed E-state index contributed by atoms with van der Waals surface area (Å²) in [7, 11) is 6.04. The number of aryl methyl sites for hydroxylation is 1. The van der Waals surface area contributed by atoms with Gasteiger partial charge in [-0.3, -0.25) is 9.67 Å². The lowest BCUT2D eigenvalue weighted by atomic mass is 10.1. The highest BCUT2D eigenvalue weighted by Gasteiger charge is 2.15. The minimum atomic E-state index is 0.180. The highest BCUT2D eigenvalue weighted by atomic mass is 16.5. The number of likely N-dealkylation sites (N-methyl/N-ethyl adjacent to an activating group) is 1. The normalized spacial score (nSPS) is 12.9. The maximum absolute atomic E-state index is 5.71. The summed E-state index contributed by atoms with van der Waals surface area (Å²) in [6.45, 7) is 4.77. The third-order valence-corrected chi connectivity index (χ3v) is 3.91. The second kappa shape index (κ2) is 10.5. The van der Waals surface area contributed by atoms with Crippen LogP contribution in [0.5, 0.6) is 5.75 Å². The van der Waals surface area contributed by atoms with Gasteiger partial charge >= 0.3 is 0 Å². The van der Waals surface area contributed by atoms with E-state index >= 15 is 0 Å². The Labute approximate surface area is 156 Å². The molecule has 0 radical (unpaired) electrons. The van der Waals surface area contributed by atoms with Crippen molar-refractivity contribution in [1.29, 1.82) is 0 Å². The maximum Gasteiger partial charge on any atom is 0.191 e. The average Bonchev–Trinajstić information content (AvgIpc) is 3.05. The molecule has 2 aromatic rings. The lowest BCUT2D eigenvalue weighted by Gasteiger charge is -2.22. The van der Waals surface area contributed by atoms with E-state index in [-0.39, 0.29) is 6.04 Å². The van der Waals surface area contributed by atoms with Gasteiger partial charge in [-0.1, -0.05) is 18.2 Å². The Balaban J connectivity index is 1.87. The molecule has 1 aromatic heterocycles. The Morgan fingerprint density at radius 2 is 2.04 bits per heavy atom. The first-order chi connectivity index (χ1) is 12.6. The van der Waals surface area contributed by atoms with Crippen LogP contribution >= 0.6 is 0 Å². The van der Waals surface area contributed by atoms with Crippen LogP contribution in [0.25, 0.3) is 0 Å². The van der Waals surface area contributed by atoms with Crippen LogP contribution in [-0.2, 0) is 7.05 Å². The minimum Gasteiger partial charge on any atom is -0.492 e. The summed E-state index contributed by atoms with van der Waals surface area (Å²) in [4.78, 5) is 6.88. The molecule has 0 aliphatic heterocycles. The Bertz CT molecular complexity index is 668. The molecule has 1 heterocycles. The second-order valence-corrected chi connectivity index (χ2v) is 6.23. The van der Waals surface area contributed by atoms with Gasteiger partial charge in [-0.15, -0.1) is 0 Å². The molecule has 0 amide bonds. The van der Waals surface area contributed by atoms with Crippen LogP contribution in [0.2, 0.25) is 0 Å². The Kier molecular flexibility index (Phi) is 7.95. The zero-order valence-corrected chi connectivity index (χ0v) is 16.1. The van der Waals surface area contributed by atoms with Gasteiger partial charge in [-0.2, -0.15) is 5.10 Å². The van der Waals surface area contributed by atoms with E-state index in [1.165, 1.54) is 0 Å². The Hall–Kier alpha value is -2.54. The largest absolute Gasteiger partial charge is 0.492 e. The molecule has 0 aliphatic carbocycles. The van der Waals surface area contributed by atoms with Gasteiger partial charge in [0.1, 0.15) is 12.4 Å². The molecule has 0 aliphatic rings. The minimum absolute atomic E-state index is 0.180. The fraction of sp³-hybridized carbons (Fsp3) is 0.474. The first-order valence-corrected chi connectivity index (χ1v) is 8.95. The standard InChI is InChI=1S/C19H30N6O/c1-5-20-19(21-11-12-26-17-9-7-6-8-10-17)22-14-18(24(2)3)16-13-23-25(4)15-16/h6-10,13,15,18H,5,11-12,14H2,1-4H3,(H2,20,21,22). The van der Waals surface area contributed by atoms with Crippen LogP contribution in [0.4, 0.5) is 0 Å². The molecule has 1 atom stereocenters. The van der Waals surface area contributed by atoms with Crippen LogP contribution in [0.3, 0.4) is 0 Å². The summed E-state index contributed by atoms with van der Waals surface area (Å²) in [6, 6.07) is 10.00. The van der Waals surface area contributed by atoms with Crippen molar-refractivity contribution in [2.24, 2.45) is 12.0 Å². The summed E-state index contributed by atoms with van der Waals surface area (Å²) in [5.74, 6) is 1.67. The maximum atomic E-state index is 5.71. The topological polar surface area (TPSA) is 66.7 Å². The van der Waals surface area contributed by atoms with Gasteiger partial charge in [-0.25, -0.2) is 0 Å². The van der Waals surface area contributed by atoms with E-state index in [2.05, 4.69) is 41.7 Å². The predicted octanol–water partition coefficient (Wildman–Crippen LogP) is 1.66. The molecule has 26 heavy (non-hydrogen) atoms. The fourth-order valence-electron chi connectivity index (χ4n) is 2.55. The summed E-state index contributed by atoms with van der Waals surface area (Å²) < 4.78 is 7.53. The van der Waals surface area contributed by atoms with E-state index < -0.39 is 0 Å². The number of aromatic nitrogens is 2. The molecule has 1 unspecified atom stereocenters. The molecule has 0 bridgehead atoms. The number of guanidine groups is 1. The average molecular weight is 358 g/mol. The third-order valence-electron chi connectivity index (χ3n) is 3.91. The van der Waals surface area contributed by atoms with Crippen molar-refractivity contribution in [3.05, 3.63) is 48.3 Å². The third kappa shape index (κ3) is 6.40. The second-order valence-electron chi connectivity index (χ2n) is 6.23. The van der Waals surface area contributed by atoms with Gasteiger partial charge in [0.2, 0.25) is 0 Å². The van der Waals surface area contributed by atoms with Crippen LogP contribution in [-0.4, -0.2) is 61.0 Å². The van der Waals surface area contributed by atoms with E-state index in [4.69, 9.17) is 9.73 Å². The molecule has 0 saturated carbocycles. The monoisotopic (exact) mass is 358 g/mol. The Morgan fingerprint density at radius 3 is 2.65 bits per heavy atom. The van der Waals surface area contributed by atoms with Crippen LogP contribution in [0.15, 0.2) is 47.7 Å². The molecule has 142 valence electrons. The number of hydrogen-bond donors (Lipinski definition) is 2. The first-order valence-electron chi connectivity index (χ1n) is 8.95. The van der Waals surface area contributed by atoms with Gasteiger partial charge in [-0.05, 0) is 33.2 Å². The van der Waals surface area contributed by atoms with Crippen molar-refractivity contribution < 1.29 is 4.74 Å². The molecule has 2 rings (SSSR count). The molecule has 0 saturated heterocycles. The van der Waals surface area contributed by atoms with Crippen molar-refractivity contribution >= 4 is 5.96 Å². The number of hydrogen-bond acceptors (Lipinski definition) is 4. The summed E-state index contributed by atoms with van der Waals surface area (Å²) in [5, 5.41) is 10.9. The van der Waals surface area contributed by atoms with E-state index in [0.29, 0.717) is 19.7 Å². The Morgan fingerprint density at radius 1 is 1.27 bits per heavy atom. The number of nitrogens with one attached hydrogen (secondary N) is 2. The van der Waals surface area contributed by atoms with Gasteiger partial charge in [0.05, 0.1) is 25.3 Å². The van der Waals surface area contributed by atoms with Crippen LogP contribution < -0.4 is 15.4 Å². The van der Waals surface area contributed by atoms with E-state index in [0.717, 1.165) is 23.8 Å².